The van der Waals surface area contributed by atoms with Gasteiger partial charge in [-0.25, -0.2) is 0 Å². The van der Waals surface area contributed by atoms with Crippen LogP contribution in [0, 0.1) is 0 Å². The first-order chi connectivity index (χ1) is 10.1. The van der Waals surface area contributed by atoms with E-state index in [4.69, 9.17) is 10.5 Å². The van der Waals surface area contributed by atoms with Crippen molar-refractivity contribution in [2.24, 2.45) is 0 Å². The van der Waals surface area contributed by atoms with Crippen LogP contribution in [-0.2, 0) is 4.79 Å². The molecule has 1 atom stereocenters. The van der Waals surface area contributed by atoms with Gasteiger partial charge in [0.05, 0.1) is 0 Å². The zero-order valence-electron chi connectivity index (χ0n) is 12.9. The number of hydrogen-bond donors (Lipinski definition) is 1. The summed E-state index contributed by atoms with van der Waals surface area (Å²) in [6, 6.07) is 7.59. The van der Waals surface area contributed by atoms with Crippen LogP contribution in [0.3, 0.4) is 0 Å². The number of hydrogen-bond acceptors (Lipinski definition) is 4. The summed E-state index contributed by atoms with van der Waals surface area (Å²) in [7, 11) is 0. The van der Waals surface area contributed by atoms with E-state index in [0.29, 0.717) is 17.5 Å². The molecular weight excluding hydrogens is 266 g/mol. The van der Waals surface area contributed by atoms with Gasteiger partial charge in [-0.15, -0.1) is 0 Å². The highest BCUT2D eigenvalue weighted by atomic mass is 16.5. The monoisotopic (exact) mass is 291 g/mol. The fourth-order valence-electron chi connectivity index (χ4n) is 2.81. The molecule has 1 aliphatic heterocycles. The van der Waals surface area contributed by atoms with Crippen molar-refractivity contribution in [3.63, 3.8) is 0 Å². The predicted octanol–water partition coefficient (Wildman–Crippen LogP) is 1.59. The van der Waals surface area contributed by atoms with Crippen molar-refractivity contribution in [1.82, 2.24) is 9.80 Å². The number of anilines is 1. The van der Waals surface area contributed by atoms with E-state index in [1.54, 1.807) is 24.3 Å². The van der Waals surface area contributed by atoms with Gasteiger partial charge < -0.3 is 15.4 Å². The fraction of sp³-hybridized carbons (Fsp3) is 0.562. The normalized spacial score (nSPS) is 18.2. The molecule has 1 heterocycles. The molecule has 1 aliphatic rings. The largest absolute Gasteiger partial charge is 0.484 e. The molecule has 0 aromatic heterocycles. The molecule has 5 nitrogen and oxygen atoms in total. The van der Waals surface area contributed by atoms with Gasteiger partial charge in [-0.05, 0) is 43.8 Å². The lowest BCUT2D eigenvalue weighted by Crippen LogP contribution is -2.39. The van der Waals surface area contributed by atoms with Gasteiger partial charge in [-0.2, -0.15) is 0 Å². The van der Waals surface area contributed by atoms with Gasteiger partial charge in [0.1, 0.15) is 5.75 Å². The number of nitrogens with two attached hydrogens (primary N) is 1. The standard InChI is InChI=1S/C16H25N3O2/c1-3-18(4-2)14-9-10-19(11-14)16(20)12-21-15-7-5-13(17)6-8-15/h5-8,14H,3-4,9-12,17H2,1-2H3. The van der Waals surface area contributed by atoms with Crippen molar-refractivity contribution in [3.05, 3.63) is 24.3 Å². The van der Waals surface area contributed by atoms with E-state index < -0.39 is 0 Å². The lowest BCUT2D eigenvalue weighted by molar-refractivity contribution is -0.132. The second-order valence-electron chi connectivity index (χ2n) is 5.36. The van der Waals surface area contributed by atoms with Crippen LogP contribution in [0.1, 0.15) is 20.3 Å². The van der Waals surface area contributed by atoms with E-state index in [0.717, 1.165) is 32.6 Å². The SMILES string of the molecule is CCN(CC)C1CCN(C(=O)COc2ccc(N)cc2)C1. The molecule has 0 bridgehead atoms. The number of benzene rings is 1. The van der Waals surface area contributed by atoms with E-state index >= 15 is 0 Å². The Morgan fingerprint density at radius 1 is 1.33 bits per heavy atom. The highest BCUT2D eigenvalue weighted by molar-refractivity contribution is 5.78. The summed E-state index contributed by atoms with van der Waals surface area (Å²) in [5, 5.41) is 0. The van der Waals surface area contributed by atoms with Crippen LogP contribution in [0.5, 0.6) is 5.75 Å². The summed E-state index contributed by atoms with van der Waals surface area (Å²) in [4.78, 5) is 16.5. The smallest absolute Gasteiger partial charge is 0.260 e. The molecule has 0 spiro atoms. The number of rotatable bonds is 6. The van der Waals surface area contributed by atoms with E-state index in [1.165, 1.54) is 0 Å². The molecule has 2 N–H and O–H groups in total. The Hall–Kier alpha value is -1.75. The summed E-state index contributed by atoms with van der Waals surface area (Å²) in [6.45, 7) is 8.12. The highest BCUT2D eigenvalue weighted by Gasteiger charge is 2.29. The zero-order chi connectivity index (χ0) is 15.2. The van der Waals surface area contributed by atoms with Crippen LogP contribution in [0.4, 0.5) is 5.69 Å². The molecule has 0 aliphatic carbocycles. The number of nitrogens with zero attached hydrogens (tertiary/aromatic N) is 2. The minimum absolute atomic E-state index is 0.0569. The van der Waals surface area contributed by atoms with Gasteiger partial charge in [0.15, 0.2) is 6.61 Å². The van der Waals surface area contributed by atoms with Gasteiger partial charge in [0.25, 0.3) is 5.91 Å². The van der Waals surface area contributed by atoms with Crippen LogP contribution in [0.25, 0.3) is 0 Å². The van der Waals surface area contributed by atoms with Crippen LogP contribution in [-0.4, -0.2) is 54.5 Å². The van der Waals surface area contributed by atoms with Crippen LogP contribution < -0.4 is 10.5 Å². The maximum atomic E-state index is 12.2. The Labute approximate surface area is 126 Å². The summed E-state index contributed by atoms with van der Waals surface area (Å²) in [6.07, 6.45) is 1.05. The van der Waals surface area contributed by atoms with E-state index in [2.05, 4.69) is 18.7 Å². The number of amides is 1. The topological polar surface area (TPSA) is 58.8 Å². The third kappa shape index (κ3) is 4.11. The Morgan fingerprint density at radius 2 is 2.00 bits per heavy atom. The number of likely N-dealkylation sites (tertiary alicyclic amines) is 1. The average Bonchev–Trinajstić information content (AvgIpc) is 2.97. The Kier molecular flexibility index (Phi) is 5.44. The van der Waals surface area contributed by atoms with Crippen molar-refractivity contribution in [2.45, 2.75) is 26.3 Å². The van der Waals surface area contributed by atoms with Gasteiger partial charge >= 0.3 is 0 Å². The van der Waals surface area contributed by atoms with Crippen LogP contribution in [0.2, 0.25) is 0 Å². The zero-order valence-corrected chi connectivity index (χ0v) is 12.9. The van der Waals surface area contributed by atoms with Gasteiger partial charge in [-0.3, -0.25) is 9.69 Å². The number of nitrogen functional groups attached to an aromatic ring is 1. The first-order valence-corrected chi connectivity index (χ1v) is 7.64. The van der Waals surface area contributed by atoms with Gasteiger partial charge in [-0.1, -0.05) is 13.8 Å². The predicted molar refractivity (Wildman–Crippen MR) is 84.3 cm³/mol. The number of likely N-dealkylation sites (N-methyl/N-ethyl adjacent to an activating group) is 1. The maximum absolute atomic E-state index is 12.2. The van der Waals surface area contributed by atoms with E-state index in [-0.39, 0.29) is 12.5 Å². The van der Waals surface area contributed by atoms with Crippen molar-refractivity contribution < 1.29 is 9.53 Å². The third-order valence-electron chi connectivity index (χ3n) is 4.09. The van der Waals surface area contributed by atoms with Gasteiger partial charge in [0.2, 0.25) is 0 Å². The molecule has 116 valence electrons. The lowest BCUT2D eigenvalue weighted by Gasteiger charge is -2.26. The molecule has 1 amide bonds. The molecule has 0 radical (unpaired) electrons. The van der Waals surface area contributed by atoms with Crippen molar-refractivity contribution in [1.29, 1.82) is 0 Å². The quantitative estimate of drug-likeness (QED) is 0.809. The van der Waals surface area contributed by atoms with E-state index in [1.807, 2.05) is 4.90 Å². The van der Waals surface area contributed by atoms with Crippen LogP contribution >= 0.6 is 0 Å². The molecule has 2 rings (SSSR count). The Balaban J connectivity index is 1.80. The minimum atomic E-state index is 0.0569. The van der Waals surface area contributed by atoms with Crippen molar-refractivity contribution in [2.75, 3.05) is 38.5 Å². The first-order valence-electron chi connectivity index (χ1n) is 7.64. The molecule has 1 fully saturated rings. The van der Waals surface area contributed by atoms with E-state index in [9.17, 15) is 4.79 Å². The Bertz CT molecular complexity index is 457. The number of ether oxygens (including phenoxy) is 1. The molecule has 1 aromatic carbocycles. The Morgan fingerprint density at radius 3 is 2.62 bits per heavy atom. The summed E-state index contributed by atoms with van der Waals surface area (Å²) in [5.74, 6) is 0.735. The molecule has 1 aromatic rings. The van der Waals surface area contributed by atoms with Crippen LogP contribution in [0.15, 0.2) is 24.3 Å². The fourth-order valence-corrected chi connectivity index (χ4v) is 2.81. The molecular formula is C16H25N3O2. The number of carbonyl (C=O) groups excluding carboxylic acids is 1. The summed E-state index contributed by atoms with van der Waals surface area (Å²) >= 11 is 0. The molecule has 5 heteroatoms. The second kappa shape index (κ2) is 7.31. The molecule has 1 unspecified atom stereocenters. The first kappa shape index (κ1) is 15.6. The highest BCUT2D eigenvalue weighted by Crippen LogP contribution is 2.17. The lowest BCUT2D eigenvalue weighted by atomic mass is 10.2. The van der Waals surface area contributed by atoms with Crippen molar-refractivity contribution >= 4 is 11.6 Å². The second-order valence-corrected chi connectivity index (χ2v) is 5.36. The molecule has 0 saturated carbocycles. The summed E-state index contributed by atoms with van der Waals surface area (Å²) < 4.78 is 5.52. The third-order valence-corrected chi connectivity index (χ3v) is 4.09. The molecule has 21 heavy (non-hydrogen) atoms. The minimum Gasteiger partial charge on any atom is -0.484 e. The number of carbonyl (C=O) groups is 1. The van der Waals surface area contributed by atoms with Gasteiger partial charge in [0, 0.05) is 24.8 Å². The average molecular weight is 291 g/mol. The van der Waals surface area contributed by atoms with Crippen molar-refractivity contribution in [3.8, 4) is 5.75 Å². The molecule has 1 saturated heterocycles. The summed E-state index contributed by atoms with van der Waals surface area (Å²) in [5.41, 5.74) is 6.31. The maximum Gasteiger partial charge on any atom is 0.260 e.